The highest BCUT2D eigenvalue weighted by molar-refractivity contribution is 5.70. The zero-order chi connectivity index (χ0) is 11.5. The van der Waals surface area contributed by atoms with E-state index in [1.54, 1.807) is 10.9 Å². The number of hydrogen-bond acceptors (Lipinski definition) is 4. The molecule has 1 aliphatic rings. The zero-order valence-corrected chi connectivity index (χ0v) is 8.61. The van der Waals surface area contributed by atoms with Gasteiger partial charge in [0.05, 0.1) is 12.2 Å². The summed E-state index contributed by atoms with van der Waals surface area (Å²) in [4.78, 5) is 22.5. The van der Waals surface area contributed by atoms with E-state index in [4.69, 9.17) is 5.11 Å². The molecule has 1 N–H and O–H groups in total. The molecule has 0 aliphatic carbocycles. The molecule has 86 valence electrons. The predicted octanol–water partition coefficient (Wildman–Crippen LogP) is 0.405. The summed E-state index contributed by atoms with van der Waals surface area (Å²) >= 11 is 0. The molecule has 1 aromatic heterocycles. The van der Waals surface area contributed by atoms with Crippen molar-refractivity contribution in [1.82, 2.24) is 19.9 Å². The van der Waals surface area contributed by atoms with Crippen LogP contribution < -0.4 is 0 Å². The first-order valence-corrected chi connectivity index (χ1v) is 5.05. The number of aromatic nitrogens is 3. The van der Waals surface area contributed by atoms with Gasteiger partial charge in [-0.15, -0.1) is 5.10 Å². The lowest BCUT2D eigenvalue weighted by Gasteiger charge is -2.29. The van der Waals surface area contributed by atoms with Crippen LogP contribution in [0.3, 0.4) is 0 Å². The monoisotopic (exact) mass is 224 g/mol. The molecule has 2 heterocycles. The minimum atomic E-state index is -0.884. The van der Waals surface area contributed by atoms with Crippen molar-refractivity contribution in [3.05, 3.63) is 11.9 Å². The van der Waals surface area contributed by atoms with Crippen LogP contribution in [-0.2, 0) is 0 Å². The van der Waals surface area contributed by atoms with Gasteiger partial charge >= 0.3 is 6.09 Å². The van der Waals surface area contributed by atoms with Gasteiger partial charge in [0, 0.05) is 13.1 Å². The average Bonchev–Trinajstić information content (AvgIpc) is 2.77. The topological polar surface area (TPSA) is 88.3 Å². The summed E-state index contributed by atoms with van der Waals surface area (Å²) in [6.45, 7) is 0.993. The van der Waals surface area contributed by atoms with Gasteiger partial charge in [-0.3, -0.25) is 4.79 Å². The van der Waals surface area contributed by atoms with E-state index in [0.29, 0.717) is 37.9 Å². The maximum absolute atomic E-state index is 10.7. The molecule has 1 fully saturated rings. The highest BCUT2D eigenvalue weighted by atomic mass is 16.4. The number of piperidine rings is 1. The van der Waals surface area contributed by atoms with Crippen molar-refractivity contribution in [2.24, 2.45) is 0 Å². The maximum Gasteiger partial charge on any atom is 0.407 e. The average molecular weight is 224 g/mol. The Kier molecular flexibility index (Phi) is 2.84. The molecular formula is C9H12N4O3. The van der Waals surface area contributed by atoms with Gasteiger partial charge in [0.1, 0.15) is 5.69 Å². The van der Waals surface area contributed by atoms with Crippen LogP contribution in [0.1, 0.15) is 29.4 Å². The molecule has 7 heteroatoms. The van der Waals surface area contributed by atoms with Crippen LogP contribution in [0.4, 0.5) is 4.79 Å². The number of nitrogens with zero attached hydrogens (tertiary/aromatic N) is 4. The highest BCUT2D eigenvalue weighted by Gasteiger charge is 2.24. The van der Waals surface area contributed by atoms with Gasteiger partial charge in [-0.1, -0.05) is 5.21 Å². The van der Waals surface area contributed by atoms with E-state index in [1.165, 1.54) is 4.90 Å². The molecule has 1 aromatic rings. The van der Waals surface area contributed by atoms with Gasteiger partial charge in [0.25, 0.3) is 0 Å². The second kappa shape index (κ2) is 4.30. The molecule has 0 aromatic carbocycles. The fourth-order valence-corrected chi connectivity index (χ4v) is 1.84. The highest BCUT2D eigenvalue weighted by Crippen LogP contribution is 2.21. The van der Waals surface area contributed by atoms with Gasteiger partial charge in [0.15, 0.2) is 6.29 Å². The molecule has 7 nitrogen and oxygen atoms in total. The molecule has 0 spiro atoms. The van der Waals surface area contributed by atoms with E-state index in [0.717, 1.165) is 0 Å². The molecule has 2 rings (SSSR count). The van der Waals surface area contributed by atoms with E-state index >= 15 is 0 Å². The first-order chi connectivity index (χ1) is 7.70. The number of rotatable bonds is 2. The number of carbonyl (C=O) groups excluding carboxylic acids is 1. The summed E-state index contributed by atoms with van der Waals surface area (Å²) in [5.41, 5.74) is 0.306. The van der Waals surface area contributed by atoms with Crippen LogP contribution in [0.5, 0.6) is 0 Å². The van der Waals surface area contributed by atoms with E-state index in [-0.39, 0.29) is 6.04 Å². The Balaban J connectivity index is 1.98. The molecule has 1 saturated heterocycles. The van der Waals surface area contributed by atoms with Gasteiger partial charge in [-0.25, -0.2) is 9.48 Å². The van der Waals surface area contributed by atoms with Gasteiger partial charge in [-0.05, 0) is 12.8 Å². The van der Waals surface area contributed by atoms with Crippen LogP contribution in [0.15, 0.2) is 6.20 Å². The molecule has 0 atom stereocenters. The van der Waals surface area contributed by atoms with Crippen LogP contribution in [0, 0.1) is 0 Å². The first kappa shape index (κ1) is 10.6. The summed E-state index contributed by atoms with van der Waals surface area (Å²) in [5.74, 6) is 0. The molecule has 0 radical (unpaired) electrons. The lowest BCUT2D eigenvalue weighted by molar-refractivity contribution is 0.111. The fraction of sp³-hybridized carbons (Fsp3) is 0.556. The summed E-state index contributed by atoms with van der Waals surface area (Å²) in [7, 11) is 0. The largest absolute Gasteiger partial charge is 0.465 e. The van der Waals surface area contributed by atoms with E-state index < -0.39 is 6.09 Å². The second-order valence-electron chi connectivity index (χ2n) is 3.74. The first-order valence-electron chi connectivity index (χ1n) is 5.05. The lowest BCUT2D eigenvalue weighted by Crippen LogP contribution is -2.38. The predicted molar refractivity (Wildman–Crippen MR) is 53.3 cm³/mol. The van der Waals surface area contributed by atoms with Crippen molar-refractivity contribution >= 4 is 12.4 Å². The lowest BCUT2D eigenvalue weighted by atomic mass is 10.1. The van der Waals surface area contributed by atoms with Crippen molar-refractivity contribution in [2.45, 2.75) is 18.9 Å². The zero-order valence-electron chi connectivity index (χ0n) is 8.61. The molecular weight excluding hydrogens is 212 g/mol. The Morgan fingerprint density at radius 2 is 2.19 bits per heavy atom. The Labute approximate surface area is 91.7 Å². The number of amides is 1. The number of hydrogen-bond donors (Lipinski definition) is 1. The van der Waals surface area contributed by atoms with Gasteiger partial charge in [-0.2, -0.15) is 0 Å². The third-order valence-corrected chi connectivity index (χ3v) is 2.76. The SMILES string of the molecule is O=Cc1cn(C2CCN(C(=O)O)CC2)nn1. The van der Waals surface area contributed by atoms with Gasteiger partial charge < -0.3 is 10.0 Å². The normalized spacial score (nSPS) is 17.4. The van der Waals surface area contributed by atoms with Crippen molar-refractivity contribution in [3.8, 4) is 0 Å². The molecule has 1 amide bonds. The van der Waals surface area contributed by atoms with Crippen molar-refractivity contribution in [1.29, 1.82) is 0 Å². The third-order valence-electron chi connectivity index (χ3n) is 2.76. The minimum absolute atomic E-state index is 0.136. The second-order valence-corrected chi connectivity index (χ2v) is 3.74. The molecule has 1 aliphatic heterocycles. The van der Waals surface area contributed by atoms with Crippen molar-refractivity contribution < 1.29 is 14.7 Å². The Bertz CT molecular complexity index is 395. The van der Waals surface area contributed by atoms with Crippen molar-refractivity contribution in [3.63, 3.8) is 0 Å². The van der Waals surface area contributed by atoms with Crippen LogP contribution in [-0.4, -0.2) is 50.5 Å². The quantitative estimate of drug-likeness (QED) is 0.735. The fourth-order valence-electron chi connectivity index (χ4n) is 1.84. The summed E-state index contributed by atoms with van der Waals surface area (Å²) in [6.07, 6.45) is 2.76. The number of carboxylic acid groups (broad SMARTS) is 1. The van der Waals surface area contributed by atoms with Crippen LogP contribution in [0.25, 0.3) is 0 Å². The third kappa shape index (κ3) is 2.02. The standard InChI is InChI=1S/C9H12N4O3/c14-6-7-5-13(11-10-7)8-1-3-12(4-2-8)9(15)16/h5-6,8H,1-4H2,(H,15,16). The molecule has 0 bridgehead atoms. The number of carbonyl (C=O) groups is 2. The molecule has 0 unspecified atom stereocenters. The van der Waals surface area contributed by atoms with Crippen LogP contribution in [0.2, 0.25) is 0 Å². The van der Waals surface area contributed by atoms with E-state index in [1.807, 2.05) is 0 Å². The minimum Gasteiger partial charge on any atom is -0.465 e. The maximum atomic E-state index is 10.7. The molecule has 0 saturated carbocycles. The summed E-state index contributed by atoms with van der Waals surface area (Å²) < 4.78 is 1.64. The summed E-state index contributed by atoms with van der Waals surface area (Å²) in [6, 6.07) is 0.136. The Morgan fingerprint density at radius 1 is 1.50 bits per heavy atom. The van der Waals surface area contributed by atoms with E-state index in [9.17, 15) is 9.59 Å². The van der Waals surface area contributed by atoms with Crippen LogP contribution >= 0.6 is 0 Å². The Morgan fingerprint density at radius 3 is 2.69 bits per heavy atom. The summed E-state index contributed by atoms with van der Waals surface area (Å²) in [5, 5.41) is 16.3. The van der Waals surface area contributed by atoms with E-state index in [2.05, 4.69) is 10.3 Å². The smallest absolute Gasteiger partial charge is 0.407 e. The van der Waals surface area contributed by atoms with Gasteiger partial charge in [0.2, 0.25) is 0 Å². The Hall–Kier alpha value is -1.92. The molecule has 16 heavy (non-hydrogen) atoms. The van der Waals surface area contributed by atoms with Crippen molar-refractivity contribution in [2.75, 3.05) is 13.1 Å². The number of likely N-dealkylation sites (tertiary alicyclic amines) is 1. The number of aldehydes is 1.